The number of pyridine rings is 1. The molecule has 3 nitrogen and oxygen atoms in total. The second kappa shape index (κ2) is 4.35. The zero-order chi connectivity index (χ0) is 14.4. The number of para-hydroxylation sites is 1. The van der Waals surface area contributed by atoms with Crippen LogP contribution in [0.1, 0.15) is 5.56 Å². The van der Waals surface area contributed by atoms with Gasteiger partial charge in [0.05, 0.1) is 11.2 Å². The molecule has 4 rings (SSSR count). The third-order valence-electron chi connectivity index (χ3n) is 3.94. The fraction of sp³-hybridized carbons (Fsp3) is 0.0556. The zero-order valence-electron chi connectivity index (χ0n) is 11.6. The zero-order valence-corrected chi connectivity index (χ0v) is 11.6. The van der Waals surface area contributed by atoms with Crippen molar-refractivity contribution in [2.24, 2.45) is 0 Å². The Morgan fingerprint density at radius 3 is 2.76 bits per heavy atom. The number of H-pyrrole nitrogens is 1. The highest BCUT2D eigenvalue weighted by Gasteiger charge is 2.09. The van der Waals surface area contributed by atoms with Gasteiger partial charge in [0.2, 0.25) is 0 Å². The Morgan fingerprint density at radius 2 is 1.86 bits per heavy atom. The molecule has 4 aromatic rings. The molecule has 0 radical (unpaired) electrons. The summed E-state index contributed by atoms with van der Waals surface area (Å²) in [5.74, 6) is 0. The first kappa shape index (κ1) is 12.0. The average Bonchev–Trinajstić information content (AvgIpc) is 2.90. The lowest BCUT2D eigenvalue weighted by molar-refractivity contribution is 1.11. The summed E-state index contributed by atoms with van der Waals surface area (Å²) in [7, 11) is 0. The summed E-state index contributed by atoms with van der Waals surface area (Å²) in [5, 5.41) is 1.93. The Labute approximate surface area is 121 Å². The van der Waals surface area contributed by atoms with Crippen molar-refractivity contribution < 1.29 is 0 Å². The van der Waals surface area contributed by atoms with E-state index >= 15 is 0 Å². The third kappa shape index (κ3) is 1.71. The highest BCUT2D eigenvalue weighted by atomic mass is 16.1. The van der Waals surface area contributed by atoms with Gasteiger partial charge in [-0.2, -0.15) is 0 Å². The van der Waals surface area contributed by atoms with E-state index in [1.165, 1.54) is 10.9 Å². The summed E-state index contributed by atoms with van der Waals surface area (Å²) < 4.78 is 2.08. The van der Waals surface area contributed by atoms with Crippen LogP contribution in [0.2, 0.25) is 0 Å². The van der Waals surface area contributed by atoms with Crippen molar-refractivity contribution in [1.82, 2.24) is 9.55 Å². The van der Waals surface area contributed by atoms with Gasteiger partial charge >= 0.3 is 0 Å². The normalized spacial score (nSPS) is 11.3. The molecule has 0 bridgehead atoms. The van der Waals surface area contributed by atoms with E-state index in [0.717, 1.165) is 22.1 Å². The Morgan fingerprint density at radius 1 is 1.00 bits per heavy atom. The van der Waals surface area contributed by atoms with Crippen LogP contribution in [-0.2, 0) is 0 Å². The minimum absolute atomic E-state index is 0.0554. The molecule has 0 unspecified atom stereocenters. The number of fused-ring (bicyclic) bond motifs is 2. The number of nitrogens with one attached hydrogen (secondary N) is 1. The van der Waals surface area contributed by atoms with E-state index in [9.17, 15) is 4.79 Å². The number of hydrogen-bond acceptors (Lipinski definition) is 1. The van der Waals surface area contributed by atoms with Crippen molar-refractivity contribution in [3.63, 3.8) is 0 Å². The molecule has 2 heterocycles. The molecule has 0 aliphatic heterocycles. The summed E-state index contributed by atoms with van der Waals surface area (Å²) in [6, 6.07) is 15.5. The van der Waals surface area contributed by atoms with Crippen LogP contribution < -0.4 is 5.43 Å². The first-order valence-electron chi connectivity index (χ1n) is 6.93. The second-order valence-corrected chi connectivity index (χ2v) is 5.24. The molecular formula is C18H14N2O. The number of nitrogens with zero attached hydrogens (tertiary/aromatic N) is 1. The quantitative estimate of drug-likeness (QED) is 0.563. The van der Waals surface area contributed by atoms with Gasteiger partial charge < -0.3 is 9.55 Å². The summed E-state index contributed by atoms with van der Waals surface area (Å²) in [5.41, 5.74) is 4.37. The molecule has 0 aliphatic rings. The van der Waals surface area contributed by atoms with Gasteiger partial charge in [-0.1, -0.05) is 18.2 Å². The fourth-order valence-electron chi connectivity index (χ4n) is 2.95. The number of aryl methyl sites for hydroxylation is 1. The van der Waals surface area contributed by atoms with Crippen LogP contribution in [0.4, 0.5) is 0 Å². The van der Waals surface area contributed by atoms with Crippen LogP contribution in [0.3, 0.4) is 0 Å². The minimum atomic E-state index is 0.0554. The predicted octanol–water partition coefficient (Wildman–Crippen LogP) is 3.78. The minimum Gasteiger partial charge on any atom is -0.361 e. The lowest BCUT2D eigenvalue weighted by Gasteiger charge is -2.12. The number of hydrogen-bond donors (Lipinski definition) is 1. The largest absolute Gasteiger partial charge is 0.361 e. The summed E-state index contributed by atoms with van der Waals surface area (Å²) >= 11 is 0. The lowest BCUT2D eigenvalue weighted by Crippen LogP contribution is -2.06. The number of benzene rings is 2. The van der Waals surface area contributed by atoms with E-state index in [0.29, 0.717) is 0 Å². The maximum absolute atomic E-state index is 12.0. The molecule has 1 N–H and O–H groups in total. The average molecular weight is 274 g/mol. The van der Waals surface area contributed by atoms with Crippen molar-refractivity contribution in [3.8, 4) is 5.69 Å². The van der Waals surface area contributed by atoms with Gasteiger partial charge in [0.1, 0.15) is 0 Å². The third-order valence-corrected chi connectivity index (χ3v) is 3.94. The Kier molecular flexibility index (Phi) is 2.48. The van der Waals surface area contributed by atoms with E-state index < -0.39 is 0 Å². The Hall–Kier alpha value is -2.81. The van der Waals surface area contributed by atoms with E-state index in [1.807, 2.05) is 42.7 Å². The number of aromatic amines is 1. The highest BCUT2D eigenvalue weighted by Crippen LogP contribution is 2.27. The van der Waals surface area contributed by atoms with Crippen LogP contribution in [0, 0.1) is 6.92 Å². The molecule has 3 heteroatoms. The molecule has 0 saturated carbocycles. The first-order valence-corrected chi connectivity index (χ1v) is 6.93. The standard InChI is InChI=1S/C18H14N2O/c1-12-11-19-14-6-4-8-16(18(12)14)20-10-9-17(21)13-5-2-3-7-15(13)20/h2-11,19H,1H3. The summed E-state index contributed by atoms with van der Waals surface area (Å²) in [4.78, 5) is 15.3. The smallest absolute Gasteiger partial charge is 0.189 e. The predicted molar refractivity (Wildman–Crippen MR) is 86.1 cm³/mol. The number of aromatic nitrogens is 2. The van der Waals surface area contributed by atoms with Crippen molar-refractivity contribution in [2.75, 3.05) is 0 Å². The maximum atomic E-state index is 12.0. The molecule has 21 heavy (non-hydrogen) atoms. The fourth-order valence-corrected chi connectivity index (χ4v) is 2.95. The van der Waals surface area contributed by atoms with Crippen molar-refractivity contribution in [1.29, 1.82) is 0 Å². The van der Waals surface area contributed by atoms with Gasteiger partial charge in [0.15, 0.2) is 5.43 Å². The van der Waals surface area contributed by atoms with Crippen molar-refractivity contribution in [2.45, 2.75) is 6.92 Å². The van der Waals surface area contributed by atoms with E-state index in [2.05, 4.69) is 28.6 Å². The van der Waals surface area contributed by atoms with E-state index in [-0.39, 0.29) is 5.43 Å². The van der Waals surface area contributed by atoms with Crippen molar-refractivity contribution >= 4 is 21.8 Å². The molecule has 102 valence electrons. The van der Waals surface area contributed by atoms with Gasteiger partial charge in [-0.3, -0.25) is 4.79 Å². The maximum Gasteiger partial charge on any atom is 0.189 e. The molecule has 2 aromatic carbocycles. The molecule has 0 aliphatic carbocycles. The molecule has 0 fully saturated rings. The van der Waals surface area contributed by atoms with E-state index in [1.54, 1.807) is 6.07 Å². The number of rotatable bonds is 1. The van der Waals surface area contributed by atoms with Crippen LogP contribution in [-0.4, -0.2) is 9.55 Å². The molecule has 0 spiro atoms. The van der Waals surface area contributed by atoms with Crippen LogP contribution in [0.25, 0.3) is 27.5 Å². The monoisotopic (exact) mass is 274 g/mol. The SMILES string of the molecule is Cc1c[nH]c2cccc(-n3ccc(=O)c4ccccc43)c12. The van der Waals surface area contributed by atoms with Gasteiger partial charge in [-0.05, 0) is 36.8 Å². The molecule has 0 saturated heterocycles. The lowest BCUT2D eigenvalue weighted by atomic mass is 10.1. The molecule has 0 amide bonds. The van der Waals surface area contributed by atoms with Crippen LogP contribution in [0.15, 0.2) is 65.7 Å². The molecule has 2 aromatic heterocycles. The van der Waals surface area contributed by atoms with E-state index in [4.69, 9.17) is 0 Å². The summed E-state index contributed by atoms with van der Waals surface area (Å²) in [6.07, 6.45) is 3.87. The highest BCUT2D eigenvalue weighted by molar-refractivity contribution is 5.93. The first-order chi connectivity index (χ1) is 10.3. The van der Waals surface area contributed by atoms with Crippen molar-refractivity contribution in [3.05, 3.63) is 76.7 Å². The van der Waals surface area contributed by atoms with Gasteiger partial charge in [-0.25, -0.2) is 0 Å². The van der Waals surface area contributed by atoms with Gasteiger partial charge in [0.25, 0.3) is 0 Å². The van der Waals surface area contributed by atoms with Gasteiger partial charge in [-0.15, -0.1) is 0 Å². The van der Waals surface area contributed by atoms with Crippen LogP contribution >= 0.6 is 0 Å². The molecular weight excluding hydrogens is 260 g/mol. The van der Waals surface area contributed by atoms with Gasteiger partial charge in [0, 0.05) is 34.7 Å². The van der Waals surface area contributed by atoms with Crippen LogP contribution in [0.5, 0.6) is 0 Å². The molecule has 0 atom stereocenters. The summed E-state index contributed by atoms with van der Waals surface area (Å²) in [6.45, 7) is 2.09. The second-order valence-electron chi connectivity index (χ2n) is 5.24. The Balaban J connectivity index is 2.17. The Bertz CT molecular complexity index is 1020. The topological polar surface area (TPSA) is 37.8 Å².